The molecule has 1 aliphatic heterocycles. The molecule has 2 aromatic rings. The van der Waals surface area contributed by atoms with E-state index in [1.807, 2.05) is 19.1 Å². The highest BCUT2D eigenvalue weighted by atomic mass is 16.5. The van der Waals surface area contributed by atoms with Gasteiger partial charge in [0.25, 0.3) is 5.91 Å². The van der Waals surface area contributed by atoms with Gasteiger partial charge in [-0.1, -0.05) is 19.1 Å². The van der Waals surface area contributed by atoms with Gasteiger partial charge < -0.3 is 25.4 Å². The summed E-state index contributed by atoms with van der Waals surface area (Å²) in [6, 6.07) is 11.9. The zero-order valence-electron chi connectivity index (χ0n) is 17.5. The minimum atomic E-state index is -0.124. The van der Waals surface area contributed by atoms with Gasteiger partial charge in [-0.15, -0.1) is 0 Å². The maximum atomic E-state index is 12.5. The van der Waals surface area contributed by atoms with Crippen LogP contribution in [0.15, 0.2) is 42.5 Å². The van der Waals surface area contributed by atoms with Gasteiger partial charge in [-0.25, -0.2) is 0 Å². The second kappa shape index (κ2) is 9.47. The summed E-state index contributed by atoms with van der Waals surface area (Å²) in [5.74, 6) is 1.07. The van der Waals surface area contributed by atoms with Crippen molar-refractivity contribution in [2.45, 2.75) is 32.9 Å². The number of anilines is 2. The summed E-state index contributed by atoms with van der Waals surface area (Å²) in [6.07, 6.45) is 3.06. The first-order valence-electron chi connectivity index (χ1n) is 9.91. The van der Waals surface area contributed by atoms with Gasteiger partial charge in [0.15, 0.2) is 11.5 Å². The van der Waals surface area contributed by atoms with Crippen LogP contribution in [0.1, 0.15) is 31.4 Å². The van der Waals surface area contributed by atoms with E-state index in [9.17, 15) is 4.79 Å². The Labute approximate surface area is 172 Å². The number of fused-ring (bicyclic) bond motifs is 1. The van der Waals surface area contributed by atoms with Gasteiger partial charge in [-0.3, -0.25) is 4.79 Å². The van der Waals surface area contributed by atoms with Crippen LogP contribution in [0, 0.1) is 0 Å². The Balaban J connectivity index is 1.73. The van der Waals surface area contributed by atoms with Crippen LogP contribution >= 0.6 is 0 Å². The van der Waals surface area contributed by atoms with Crippen molar-refractivity contribution in [3.05, 3.63) is 53.6 Å². The molecule has 1 atom stereocenters. The molecular formula is C23H29N3O3. The topological polar surface area (TPSA) is 71.6 Å². The Hall–Kier alpha value is -2.99. The highest BCUT2D eigenvalue weighted by Crippen LogP contribution is 2.40. The lowest BCUT2D eigenvalue weighted by molar-refractivity contribution is -0.110. The second-order valence-electron chi connectivity index (χ2n) is 7.09. The van der Waals surface area contributed by atoms with Gasteiger partial charge in [0, 0.05) is 35.5 Å². The van der Waals surface area contributed by atoms with E-state index in [1.165, 1.54) is 5.56 Å². The van der Waals surface area contributed by atoms with E-state index in [1.54, 1.807) is 20.3 Å². The molecule has 0 aliphatic carbocycles. The van der Waals surface area contributed by atoms with Crippen LogP contribution in [-0.2, 0) is 11.3 Å². The average molecular weight is 396 g/mol. The van der Waals surface area contributed by atoms with Crippen LogP contribution in [0.3, 0.4) is 0 Å². The Morgan fingerprint density at radius 3 is 2.45 bits per heavy atom. The minimum Gasteiger partial charge on any atom is -0.493 e. The number of rotatable bonds is 9. The molecule has 1 amide bonds. The molecule has 0 saturated heterocycles. The van der Waals surface area contributed by atoms with Gasteiger partial charge in [-0.05, 0) is 49.7 Å². The average Bonchev–Trinajstić information content (AvgIpc) is 3.02. The Kier molecular flexibility index (Phi) is 6.77. The predicted octanol–water partition coefficient (Wildman–Crippen LogP) is 4.04. The zero-order valence-corrected chi connectivity index (χ0v) is 17.5. The number of benzene rings is 2. The molecule has 6 nitrogen and oxygen atoms in total. The molecule has 0 fully saturated rings. The molecule has 154 valence electrons. The molecule has 1 aliphatic rings. The third-order valence-corrected chi connectivity index (χ3v) is 4.83. The summed E-state index contributed by atoms with van der Waals surface area (Å²) in [5.41, 5.74) is 4.44. The third-order valence-electron chi connectivity index (χ3n) is 4.83. The molecular weight excluding hydrogens is 366 g/mol. The van der Waals surface area contributed by atoms with E-state index in [0.29, 0.717) is 17.1 Å². The molecule has 3 N–H and O–H groups in total. The van der Waals surface area contributed by atoms with Gasteiger partial charge in [0.2, 0.25) is 0 Å². The highest BCUT2D eigenvalue weighted by Gasteiger charge is 2.27. The molecule has 2 aromatic carbocycles. The molecule has 1 unspecified atom stereocenters. The van der Waals surface area contributed by atoms with E-state index < -0.39 is 0 Å². The lowest BCUT2D eigenvalue weighted by Gasteiger charge is -2.13. The fraction of sp³-hybridized carbons (Fsp3) is 0.348. The molecule has 0 spiro atoms. The third kappa shape index (κ3) is 4.90. The summed E-state index contributed by atoms with van der Waals surface area (Å²) in [7, 11) is 3.17. The SMILES string of the molecule is CCCNCc1ccc(NC(C)C=C2C(=O)Nc3cc(OC)c(OC)cc32)cc1. The Morgan fingerprint density at radius 2 is 1.79 bits per heavy atom. The van der Waals surface area contributed by atoms with Crippen LogP contribution in [0.4, 0.5) is 11.4 Å². The second-order valence-corrected chi connectivity index (χ2v) is 7.09. The van der Waals surface area contributed by atoms with Crippen molar-refractivity contribution in [1.29, 1.82) is 0 Å². The summed E-state index contributed by atoms with van der Waals surface area (Å²) in [5, 5.41) is 9.73. The lowest BCUT2D eigenvalue weighted by Crippen LogP contribution is -2.15. The van der Waals surface area contributed by atoms with Crippen LogP contribution in [-0.4, -0.2) is 32.7 Å². The van der Waals surface area contributed by atoms with Crippen LogP contribution in [0.2, 0.25) is 0 Å². The number of carbonyl (C=O) groups is 1. The maximum Gasteiger partial charge on any atom is 0.256 e. The number of hydrogen-bond acceptors (Lipinski definition) is 5. The van der Waals surface area contributed by atoms with Crippen molar-refractivity contribution in [1.82, 2.24) is 5.32 Å². The summed E-state index contributed by atoms with van der Waals surface area (Å²) >= 11 is 0. The fourth-order valence-corrected chi connectivity index (χ4v) is 3.37. The van der Waals surface area contributed by atoms with Crippen LogP contribution < -0.4 is 25.4 Å². The normalized spacial score (nSPS) is 15.0. The largest absolute Gasteiger partial charge is 0.493 e. The van der Waals surface area contributed by atoms with Crippen molar-refractivity contribution in [2.24, 2.45) is 0 Å². The first-order valence-corrected chi connectivity index (χ1v) is 9.91. The Bertz CT molecular complexity index is 891. The maximum absolute atomic E-state index is 12.5. The van der Waals surface area contributed by atoms with Crippen LogP contribution in [0.5, 0.6) is 11.5 Å². The van der Waals surface area contributed by atoms with Crippen molar-refractivity contribution in [3.63, 3.8) is 0 Å². The van der Waals surface area contributed by atoms with Crippen molar-refractivity contribution in [3.8, 4) is 11.5 Å². The quantitative estimate of drug-likeness (QED) is 0.442. The number of ether oxygens (including phenoxy) is 2. The monoisotopic (exact) mass is 395 g/mol. The van der Waals surface area contributed by atoms with Gasteiger partial charge >= 0.3 is 0 Å². The number of nitrogens with one attached hydrogen (secondary N) is 3. The molecule has 0 aromatic heterocycles. The molecule has 6 heteroatoms. The lowest BCUT2D eigenvalue weighted by atomic mass is 10.0. The number of carbonyl (C=O) groups excluding carboxylic acids is 1. The fourth-order valence-electron chi connectivity index (χ4n) is 3.37. The van der Waals surface area contributed by atoms with E-state index in [-0.39, 0.29) is 11.9 Å². The van der Waals surface area contributed by atoms with E-state index >= 15 is 0 Å². The number of amides is 1. The highest BCUT2D eigenvalue weighted by molar-refractivity contribution is 6.31. The number of methoxy groups -OCH3 is 2. The number of hydrogen-bond donors (Lipinski definition) is 3. The van der Waals surface area contributed by atoms with E-state index in [0.717, 1.165) is 36.4 Å². The van der Waals surface area contributed by atoms with Crippen molar-refractivity contribution >= 4 is 22.9 Å². The van der Waals surface area contributed by atoms with Crippen LogP contribution in [0.25, 0.3) is 5.57 Å². The van der Waals surface area contributed by atoms with Gasteiger partial charge in [0.05, 0.1) is 19.9 Å². The summed E-state index contributed by atoms with van der Waals surface area (Å²) in [6.45, 7) is 6.07. The first-order chi connectivity index (χ1) is 14.0. The predicted molar refractivity (Wildman–Crippen MR) is 118 cm³/mol. The van der Waals surface area contributed by atoms with Gasteiger partial charge in [0.1, 0.15) is 0 Å². The summed E-state index contributed by atoms with van der Waals surface area (Å²) < 4.78 is 10.7. The smallest absolute Gasteiger partial charge is 0.256 e. The van der Waals surface area contributed by atoms with Gasteiger partial charge in [-0.2, -0.15) is 0 Å². The van der Waals surface area contributed by atoms with Crippen molar-refractivity contribution in [2.75, 3.05) is 31.4 Å². The zero-order chi connectivity index (χ0) is 20.8. The molecule has 0 bridgehead atoms. The molecule has 1 heterocycles. The van der Waals surface area contributed by atoms with Crippen molar-refractivity contribution < 1.29 is 14.3 Å². The van der Waals surface area contributed by atoms with E-state index in [4.69, 9.17) is 9.47 Å². The van der Waals surface area contributed by atoms with E-state index in [2.05, 4.69) is 47.1 Å². The molecule has 3 rings (SSSR count). The minimum absolute atomic E-state index is 0.0288. The standard InChI is InChI=1S/C23H29N3O3/c1-5-10-24-14-16-6-8-17(9-7-16)25-15(2)11-19-18-12-21(28-3)22(29-4)13-20(18)26-23(19)27/h6-9,11-13,15,24-25H,5,10,14H2,1-4H3,(H,26,27). The molecule has 0 saturated carbocycles. The molecule has 0 radical (unpaired) electrons. The summed E-state index contributed by atoms with van der Waals surface area (Å²) in [4.78, 5) is 12.5. The Morgan fingerprint density at radius 1 is 1.10 bits per heavy atom. The first kappa shape index (κ1) is 20.7. The molecule has 29 heavy (non-hydrogen) atoms.